The SMILES string of the molecule is CC(C)OCC1CCC(N2CCC(CC(CCC(=O)CO)CC3CCCCC3)CC2)CC1. The number of ether oxygens (including phenoxy) is 1. The first-order valence-electron chi connectivity index (χ1n) is 14.0. The van der Waals surface area contributed by atoms with Gasteiger partial charge in [-0.3, -0.25) is 4.79 Å². The second-order valence-corrected chi connectivity index (χ2v) is 11.6. The van der Waals surface area contributed by atoms with Gasteiger partial charge in [0, 0.05) is 19.1 Å². The molecule has 1 atom stereocenters. The Morgan fingerprint density at radius 3 is 2.09 bits per heavy atom. The first-order valence-corrected chi connectivity index (χ1v) is 14.0. The fourth-order valence-electron chi connectivity index (χ4n) is 6.70. The topological polar surface area (TPSA) is 49.8 Å². The highest BCUT2D eigenvalue weighted by Crippen LogP contribution is 2.37. The van der Waals surface area contributed by atoms with Crippen LogP contribution in [0, 0.1) is 23.7 Å². The predicted molar refractivity (Wildman–Crippen MR) is 132 cm³/mol. The van der Waals surface area contributed by atoms with E-state index in [1.54, 1.807) is 0 Å². The van der Waals surface area contributed by atoms with Crippen LogP contribution in [-0.2, 0) is 9.53 Å². The van der Waals surface area contributed by atoms with Gasteiger partial charge in [-0.1, -0.05) is 32.1 Å². The third kappa shape index (κ3) is 9.06. The van der Waals surface area contributed by atoms with Gasteiger partial charge in [0.25, 0.3) is 0 Å². The Bertz CT molecular complexity index is 515. The molecule has 0 spiro atoms. The molecule has 0 aromatic heterocycles. The van der Waals surface area contributed by atoms with Gasteiger partial charge >= 0.3 is 0 Å². The van der Waals surface area contributed by atoms with E-state index in [4.69, 9.17) is 9.84 Å². The first kappa shape index (κ1) is 26.2. The van der Waals surface area contributed by atoms with Crippen molar-refractivity contribution < 1.29 is 14.6 Å². The van der Waals surface area contributed by atoms with Crippen molar-refractivity contribution in [3.8, 4) is 0 Å². The molecule has 2 saturated carbocycles. The van der Waals surface area contributed by atoms with Gasteiger partial charge in [0.1, 0.15) is 6.61 Å². The summed E-state index contributed by atoms with van der Waals surface area (Å²) in [6.45, 7) is 7.50. The van der Waals surface area contributed by atoms with Gasteiger partial charge in [-0.15, -0.1) is 0 Å². The summed E-state index contributed by atoms with van der Waals surface area (Å²) in [6.07, 6.45) is 19.6. The second kappa shape index (κ2) is 14.1. The lowest BCUT2D eigenvalue weighted by atomic mass is 9.76. The van der Waals surface area contributed by atoms with E-state index >= 15 is 0 Å². The molecule has 1 saturated heterocycles. The molecule has 4 nitrogen and oxygen atoms in total. The highest BCUT2D eigenvalue weighted by atomic mass is 16.5. The van der Waals surface area contributed by atoms with Crippen LogP contribution >= 0.6 is 0 Å². The Kier molecular flexibility index (Phi) is 11.5. The largest absolute Gasteiger partial charge is 0.389 e. The summed E-state index contributed by atoms with van der Waals surface area (Å²) in [7, 11) is 0. The van der Waals surface area contributed by atoms with Gasteiger partial charge < -0.3 is 14.7 Å². The normalized spacial score (nSPS) is 27.6. The molecule has 3 fully saturated rings. The smallest absolute Gasteiger partial charge is 0.158 e. The zero-order chi connectivity index (χ0) is 22.8. The number of aliphatic hydroxyl groups is 1. The Morgan fingerprint density at radius 2 is 1.50 bits per heavy atom. The van der Waals surface area contributed by atoms with Gasteiger partial charge in [0.05, 0.1) is 6.10 Å². The summed E-state index contributed by atoms with van der Waals surface area (Å²) in [5, 5.41) is 9.15. The molecule has 3 aliphatic rings. The van der Waals surface area contributed by atoms with Crippen LogP contribution in [0.5, 0.6) is 0 Å². The minimum Gasteiger partial charge on any atom is -0.389 e. The zero-order valence-electron chi connectivity index (χ0n) is 21.1. The number of likely N-dealkylation sites (tertiary alicyclic amines) is 1. The Balaban J connectivity index is 1.39. The number of rotatable bonds is 12. The van der Waals surface area contributed by atoms with Crippen molar-refractivity contribution in [2.24, 2.45) is 23.7 Å². The maximum Gasteiger partial charge on any atom is 0.158 e. The molecule has 3 rings (SSSR count). The van der Waals surface area contributed by atoms with Crippen molar-refractivity contribution in [2.45, 2.75) is 122 Å². The van der Waals surface area contributed by atoms with Crippen LogP contribution in [0.3, 0.4) is 0 Å². The fraction of sp³-hybridized carbons (Fsp3) is 0.964. The molecule has 1 N–H and O–H groups in total. The number of Topliss-reactive ketones (excluding diaryl/α,β-unsaturated/α-hetero) is 1. The number of hydrogen-bond donors (Lipinski definition) is 1. The molecule has 186 valence electrons. The number of carbonyl (C=O) groups excluding carboxylic acids is 1. The van der Waals surface area contributed by atoms with Crippen LogP contribution in [-0.4, -0.2) is 54.2 Å². The van der Waals surface area contributed by atoms with E-state index in [1.165, 1.54) is 96.6 Å². The van der Waals surface area contributed by atoms with Crippen molar-refractivity contribution in [1.82, 2.24) is 4.90 Å². The third-order valence-corrected chi connectivity index (χ3v) is 8.71. The molecular formula is C28H51NO3. The molecule has 0 radical (unpaired) electrons. The Morgan fingerprint density at radius 1 is 0.875 bits per heavy atom. The average Bonchev–Trinajstić information content (AvgIpc) is 2.82. The standard InChI is InChI=1S/C28H51NO3/c1-22(2)32-21-25-8-11-27(12-9-25)29-16-14-24(15-17-29)19-26(10-13-28(31)20-30)18-23-6-4-3-5-7-23/h22-27,30H,3-21H2,1-2H3. The van der Waals surface area contributed by atoms with Crippen LogP contribution in [0.4, 0.5) is 0 Å². The van der Waals surface area contributed by atoms with E-state index in [2.05, 4.69) is 18.7 Å². The van der Waals surface area contributed by atoms with Crippen molar-refractivity contribution in [3.63, 3.8) is 0 Å². The summed E-state index contributed by atoms with van der Waals surface area (Å²) < 4.78 is 5.86. The monoisotopic (exact) mass is 449 g/mol. The van der Waals surface area contributed by atoms with Gasteiger partial charge in [-0.2, -0.15) is 0 Å². The molecule has 32 heavy (non-hydrogen) atoms. The summed E-state index contributed by atoms with van der Waals surface area (Å²) >= 11 is 0. The molecule has 4 heteroatoms. The minimum absolute atomic E-state index is 0.0304. The van der Waals surface area contributed by atoms with E-state index in [9.17, 15) is 4.79 Å². The number of ketones is 1. The third-order valence-electron chi connectivity index (χ3n) is 8.71. The van der Waals surface area contributed by atoms with Crippen molar-refractivity contribution in [1.29, 1.82) is 0 Å². The van der Waals surface area contributed by atoms with E-state index in [-0.39, 0.29) is 12.4 Å². The van der Waals surface area contributed by atoms with E-state index in [0.717, 1.165) is 36.8 Å². The molecule has 0 aromatic rings. The number of nitrogens with zero attached hydrogens (tertiary/aromatic N) is 1. The molecule has 1 heterocycles. The number of piperidine rings is 1. The molecule has 2 aliphatic carbocycles. The molecule has 1 aliphatic heterocycles. The second-order valence-electron chi connectivity index (χ2n) is 11.6. The molecule has 0 aromatic carbocycles. The van der Waals surface area contributed by atoms with Crippen molar-refractivity contribution in [3.05, 3.63) is 0 Å². The summed E-state index contributed by atoms with van der Waals surface area (Å²) in [5.74, 6) is 3.20. The minimum atomic E-state index is -0.277. The maximum absolute atomic E-state index is 11.8. The highest BCUT2D eigenvalue weighted by Gasteiger charge is 2.30. The van der Waals surface area contributed by atoms with Crippen LogP contribution in [0.15, 0.2) is 0 Å². The maximum atomic E-state index is 11.8. The van der Waals surface area contributed by atoms with Crippen LogP contribution in [0.2, 0.25) is 0 Å². The summed E-state index contributed by atoms with van der Waals surface area (Å²) in [5.41, 5.74) is 0. The lowest BCUT2D eigenvalue weighted by molar-refractivity contribution is -0.122. The lowest BCUT2D eigenvalue weighted by Gasteiger charge is -2.41. The molecule has 1 unspecified atom stereocenters. The van der Waals surface area contributed by atoms with Gasteiger partial charge in [0.15, 0.2) is 5.78 Å². The lowest BCUT2D eigenvalue weighted by Crippen LogP contribution is -2.43. The van der Waals surface area contributed by atoms with Crippen molar-refractivity contribution >= 4 is 5.78 Å². The van der Waals surface area contributed by atoms with E-state index in [0.29, 0.717) is 18.4 Å². The fourth-order valence-corrected chi connectivity index (χ4v) is 6.70. The molecule has 0 amide bonds. The number of carbonyl (C=O) groups is 1. The van der Waals surface area contributed by atoms with Gasteiger partial charge in [-0.05, 0) is 108 Å². The van der Waals surface area contributed by atoms with Gasteiger partial charge in [0.2, 0.25) is 0 Å². The highest BCUT2D eigenvalue weighted by molar-refractivity contribution is 5.79. The van der Waals surface area contributed by atoms with Crippen molar-refractivity contribution in [2.75, 3.05) is 26.3 Å². The predicted octanol–water partition coefficient (Wildman–Crippen LogP) is 6.00. The van der Waals surface area contributed by atoms with Crippen LogP contribution in [0.25, 0.3) is 0 Å². The number of aliphatic hydroxyl groups excluding tert-OH is 1. The Labute approximate surface area is 197 Å². The van der Waals surface area contributed by atoms with Crippen LogP contribution in [0.1, 0.15) is 110 Å². The first-order chi connectivity index (χ1) is 15.5. The summed E-state index contributed by atoms with van der Waals surface area (Å²) in [6, 6.07) is 0.798. The Hall–Kier alpha value is -0.450. The number of hydrogen-bond acceptors (Lipinski definition) is 4. The van der Waals surface area contributed by atoms with Gasteiger partial charge in [-0.25, -0.2) is 0 Å². The van der Waals surface area contributed by atoms with E-state index < -0.39 is 0 Å². The quantitative estimate of drug-likeness (QED) is 0.397. The van der Waals surface area contributed by atoms with E-state index in [1.807, 2.05) is 0 Å². The van der Waals surface area contributed by atoms with Crippen LogP contribution < -0.4 is 0 Å². The molecule has 0 bridgehead atoms. The summed E-state index contributed by atoms with van der Waals surface area (Å²) in [4.78, 5) is 14.5. The average molecular weight is 450 g/mol. The molecular weight excluding hydrogens is 398 g/mol. The zero-order valence-corrected chi connectivity index (χ0v) is 21.1.